The van der Waals surface area contributed by atoms with Crippen LogP contribution in [0, 0.1) is 0 Å². The Kier molecular flexibility index (Phi) is 4.06. The van der Waals surface area contributed by atoms with Crippen LogP contribution in [-0.2, 0) is 9.53 Å². The van der Waals surface area contributed by atoms with Crippen LogP contribution in [0.15, 0.2) is 47.3 Å². The monoisotopic (exact) mass is 314 g/mol. The van der Waals surface area contributed by atoms with E-state index in [4.69, 9.17) is 4.74 Å². The summed E-state index contributed by atoms with van der Waals surface area (Å²) in [6.45, 7) is 0.638. The molecule has 22 heavy (non-hydrogen) atoms. The molecule has 4 rings (SSSR count). The fraction of sp³-hybridized carbons (Fsp3) is 0.176. The molecule has 3 aromatic rings. The molecule has 0 N–H and O–H groups in total. The van der Waals surface area contributed by atoms with Crippen molar-refractivity contribution in [2.24, 2.45) is 0 Å². The largest absolute Gasteiger partial charge is 0.496 e. The maximum absolute atomic E-state index is 12.4. The van der Waals surface area contributed by atoms with Gasteiger partial charge in [0.2, 0.25) is 0 Å². The highest BCUT2D eigenvalue weighted by Gasteiger charge is 2.11. The number of ether oxygens (including phenoxy) is 2. The van der Waals surface area contributed by atoms with Crippen molar-refractivity contribution in [2.45, 2.75) is 6.42 Å². The van der Waals surface area contributed by atoms with Crippen molar-refractivity contribution in [2.75, 3.05) is 13.7 Å². The Labute approximate surface area is 130 Å². The van der Waals surface area contributed by atoms with Gasteiger partial charge in [-0.05, 0) is 24.3 Å². The number of cyclic esters (lactones) is 1. The summed E-state index contributed by atoms with van der Waals surface area (Å²) in [7, 11) is 1.59. The van der Waals surface area contributed by atoms with Gasteiger partial charge in [-0.25, -0.2) is 0 Å². The molecule has 1 fully saturated rings. The summed E-state index contributed by atoms with van der Waals surface area (Å²) in [6.07, 6.45) is 0.625. The highest BCUT2D eigenvalue weighted by Crippen LogP contribution is 2.29. The predicted octanol–water partition coefficient (Wildman–Crippen LogP) is 3.36. The second kappa shape index (κ2) is 6.15. The molecule has 1 saturated heterocycles. The van der Waals surface area contributed by atoms with E-state index in [1.165, 1.54) is 0 Å². The van der Waals surface area contributed by atoms with Crippen LogP contribution in [-0.4, -0.2) is 19.7 Å². The zero-order valence-electron chi connectivity index (χ0n) is 12.0. The maximum atomic E-state index is 12.4. The third-order valence-corrected chi connectivity index (χ3v) is 4.49. The van der Waals surface area contributed by atoms with Gasteiger partial charge >= 0.3 is 5.97 Å². The molecule has 0 aliphatic carbocycles. The van der Waals surface area contributed by atoms with Gasteiger partial charge in [-0.1, -0.05) is 18.2 Å². The standard InChI is InChI=1S/C14H10O2S.C3H4O2/c1-16-10-6-4-8-12-13(10)14(15)9-5-2-3-7-11(9)17-12;4-3-1-2-5-3/h2-8H,1H3;1-2H2. The molecule has 4 nitrogen and oxygen atoms in total. The lowest BCUT2D eigenvalue weighted by Crippen LogP contribution is -2.18. The van der Waals surface area contributed by atoms with Crippen LogP contribution in [0.5, 0.6) is 5.75 Å². The molecule has 0 amide bonds. The average molecular weight is 314 g/mol. The molecule has 0 saturated carbocycles. The molecule has 1 aliphatic rings. The Bertz CT molecular complexity index is 892. The summed E-state index contributed by atoms with van der Waals surface area (Å²) < 4.78 is 11.5. The number of benzene rings is 2. The van der Waals surface area contributed by atoms with Gasteiger partial charge in [0, 0.05) is 14.8 Å². The highest BCUT2D eigenvalue weighted by molar-refractivity contribution is 7.24. The number of fused-ring (bicyclic) bond motifs is 2. The third kappa shape index (κ3) is 2.67. The average Bonchev–Trinajstić information content (AvgIpc) is 2.53. The summed E-state index contributed by atoms with van der Waals surface area (Å²) in [6, 6.07) is 13.4. The van der Waals surface area contributed by atoms with E-state index >= 15 is 0 Å². The maximum Gasteiger partial charge on any atom is 0.309 e. The normalized spacial score (nSPS) is 13.0. The first-order chi connectivity index (χ1) is 10.7. The topological polar surface area (TPSA) is 52.6 Å². The van der Waals surface area contributed by atoms with Gasteiger partial charge in [-0.2, -0.15) is 0 Å². The first-order valence-electron chi connectivity index (χ1n) is 6.85. The van der Waals surface area contributed by atoms with Crippen LogP contribution in [0.4, 0.5) is 0 Å². The lowest BCUT2D eigenvalue weighted by molar-refractivity contribution is -0.157. The summed E-state index contributed by atoms with van der Waals surface area (Å²) >= 11 is 1.61. The summed E-state index contributed by atoms with van der Waals surface area (Å²) in [5.41, 5.74) is 0.0480. The van der Waals surface area contributed by atoms with E-state index in [0.717, 1.165) is 14.8 Å². The van der Waals surface area contributed by atoms with E-state index < -0.39 is 0 Å². The first-order valence-corrected chi connectivity index (χ1v) is 7.66. The molecular weight excluding hydrogens is 300 g/mol. The molecule has 5 heteroatoms. The third-order valence-electron chi connectivity index (χ3n) is 3.36. The van der Waals surface area contributed by atoms with Crippen molar-refractivity contribution in [3.8, 4) is 5.75 Å². The van der Waals surface area contributed by atoms with Crippen LogP contribution in [0.25, 0.3) is 20.2 Å². The van der Waals surface area contributed by atoms with Gasteiger partial charge in [0.15, 0.2) is 5.43 Å². The van der Waals surface area contributed by atoms with Crippen LogP contribution < -0.4 is 10.2 Å². The number of hydrogen-bond acceptors (Lipinski definition) is 5. The summed E-state index contributed by atoms with van der Waals surface area (Å²) in [5, 5.41) is 1.44. The van der Waals surface area contributed by atoms with Crippen molar-refractivity contribution >= 4 is 37.5 Å². The van der Waals surface area contributed by atoms with Crippen LogP contribution in [0.3, 0.4) is 0 Å². The molecule has 0 bridgehead atoms. The number of hydrogen-bond donors (Lipinski definition) is 0. The Morgan fingerprint density at radius 3 is 2.36 bits per heavy atom. The van der Waals surface area contributed by atoms with Crippen molar-refractivity contribution < 1.29 is 14.3 Å². The van der Waals surface area contributed by atoms with E-state index in [1.54, 1.807) is 18.4 Å². The Balaban J connectivity index is 0.000000246. The minimum Gasteiger partial charge on any atom is -0.496 e. The van der Waals surface area contributed by atoms with E-state index in [2.05, 4.69) is 4.74 Å². The van der Waals surface area contributed by atoms with Gasteiger partial charge in [-0.15, -0.1) is 11.3 Å². The van der Waals surface area contributed by atoms with Crippen molar-refractivity contribution in [1.29, 1.82) is 0 Å². The lowest BCUT2D eigenvalue weighted by atomic mass is 10.1. The minimum atomic E-state index is -0.0648. The SMILES string of the molecule is COc1cccc2sc3ccccc3c(=O)c12.O=C1CCO1. The fourth-order valence-electron chi connectivity index (χ4n) is 2.17. The van der Waals surface area contributed by atoms with Gasteiger partial charge in [0.1, 0.15) is 12.4 Å². The van der Waals surface area contributed by atoms with Crippen LogP contribution in [0.2, 0.25) is 0 Å². The molecule has 1 aromatic heterocycles. The Morgan fingerprint density at radius 1 is 1.05 bits per heavy atom. The number of carbonyl (C=O) groups is 1. The molecule has 0 atom stereocenters. The predicted molar refractivity (Wildman–Crippen MR) is 87.7 cm³/mol. The molecule has 0 spiro atoms. The van der Waals surface area contributed by atoms with Crippen LogP contribution >= 0.6 is 11.3 Å². The molecular formula is C17H14O4S. The first kappa shape index (κ1) is 14.5. The van der Waals surface area contributed by atoms with E-state index in [9.17, 15) is 9.59 Å². The van der Waals surface area contributed by atoms with Gasteiger partial charge in [0.05, 0.1) is 18.9 Å². The van der Waals surface area contributed by atoms with E-state index in [1.807, 2.05) is 42.5 Å². The van der Waals surface area contributed by atoms with Crippen molar-refractivity contribution in [3.63, 3.8) is 0 Å². The molecule has 1 aliphatic heterocycles. The summed E-state index contributed by atoms with van der Waals surface area (Å²) in [5.74, 6) is 0.583. The molecule has 2 heterocycles. The lowest BCUT2D eigenvalue weighted by Gasteiger charge is -2.09. The highest BCUT2D eigenvalue weighted by atomic mass is 32.1. The molecule has 112 valence electrons. The zero-order valence-corrected chi connectivity index (χ0v) is 12.8. The second-order valence-electron chi connectivity index (χ2n) is 4.73. The number of carbonyl (C=O) groups excluding carboxylic acids is 1. The second-order valence-corrected chi connectivity index (χ2v) is 5.82. The van der Waals surface area contributed by atoms with Crippen molar-refractivity contribution in [3.05, 3.63) is 52.7 Å². The fourth-order valence-corrected chi connectivity index (χ4v) is 3.27. The van der Waals surface area contributed by atoms with Crippen molar-refractivity contribution in [1.82, 2.24) is 0 Å². The molecule has 0 unspecified atom stereocenters. The smallest absolute Gasteiger partial charge is 0.309 e. The quantitative estimate of drug-likeness (QED) is 0.510. The number of esters is 1. The number of methoxy groups -OCH3 is 1. The van der Waals surface area contributed by atoms with Gasteiger partial charge in [-0.3, -0.25) is 9.59 Å². The van der Waals surface area contributed by atoms with Crippen LogP contribution in [0.1, 0.15) is 6.42 Å². The number of rotatable bonds is 1. The van der Waals surface area contributed by atoms with Gasteiger partial charge < -0.3 is 9.47 Å². The molecule has 2 aromatic carbocycles. The Morgan fingerprint density at radius 2 is 1.73 bits per heavy atom. The van der Waals surface area contributed by atoms with E-state index in [-0.39, 0.29) is 11.4 Å². The summed E-state index contributed by atoms with van der Waals surface area (Å²) in [4.78, 5) is 22.1. The molecule has 0 radical (unpaired) electrons. The minimum absolute atomic E-state index is 0.0480. The van der Waals surface area contributed by atoms with Gasteiger partial charge in [0.25, 0.3) is 0 Å². The Hall–Kier alpha value is -2.40. The van der Waals surface area contributed by atoms with E-state index in [0.29, 0.717) is 24.2 Å². The zero-order chi connectivity index (χ0) is 15.5.